The molecular formula is C29H33N5O4. The van der Waals surface area contributed by atoms with Gasteiger partial charge in [0.15, 0.2) is 0 Å². The van der Waals surface area contributed by atoms with Crippen LogP contribution in [-0.2, 0) is 4.74 Å². The molecule has 0 radical (unpaired) electrons. The van der Waals surface area contributed by atoms with Gasteiger partial charge in [-0.2, -0.15) is 5.10 Å². The van der Waals surface area contributed by atoms with Crippen LogP contribution < -0.4 is 10.9 Å². The minimum absolute atomic E-state index is 0.0421. The van der Waals surface area contributed by atoms with Crippen LogP contribution in [-0.4, -0.2) is 50.2 Å². The number of benzene rings is 2. The van der Waals surface area contributed by atoms with Crippen LogP contribution in [0.15, 0.2) is 47.3 Å². The Hall–Kier alpha value is -4.14. The number of aryl methyl sites for hydroxylation is 2. The van der Waals surface area contributed by atoms with E-state index in [4.69, 9.17) is 9.84 Å². The average molecular weight is 516 g/mol. The van der Waals surface area contributed by atoms with Crippen molar-refractivity contribution in [1.29, 1.82) is 0 Å². The molecule has 2 N–H and O–H groups in total. The number of nitrogens with one attached hydrogen (secondary N) is 2. The van der Waals surface area contributed by atoms with Gasteiger partial charge >= 0.3 is 6.09 Å². The van der Waals surface area contributed by atoms with Crippen molar-refractivity contribution in [3.05, 3.63) is 75.2 Å². The van der Waals surface area contributed by atoms with Crippen molar-refractivity contribution in [3.8, 4) is 0 Å². The fourth-order valence-corrected chi connectivity index (χ4v) is 5.22. The molecule has 1 fully saturated rings. The number of ether oxygens (including phenoxy) is 1. The Balaban J connectivity index is 1.48. The number of amides is 2. The van der Waals surface area contributed by atoms with Crippen LogP contribution in [0.25, 0.3) is 16.6 Å². The summed E-state index contributed by atoms with van der Waals surface area (Å²) in [5.41, 5.74) is 4.20. The molecule has 0 saturated carbocycles. The maximum absolute atomic E-state index is 13.3. The number of hydrogen-bond donors (Lipinski definition) is 2. The van der Waals surface area contributed by atoms with E-state index in [-0.39, 0.29) is 23.5 Å². The van der Waals surface area contributed by atoms with Gasteiger partial charge in [-0.3, -0.25) is 9.59 Å². The van der Waals surface area contributed by atoms with Crippen molar-refractivity contribution in [1.82, 2.24) is 19.5 Å². The van der Waals surface area contributed by atoms with Gasteiger partial charge in [-0.05, 0) is 70.7 Å². The number of fused-ring (bicyclic) bond motifs is 3. The maximum atomic E-state index is 13.3. The van der Waals surface area contributed by atoms with E-state index in [9.17, 15) is 14.4 Å². The number of piperidine rings is 1. The highest BCUT2D eigenvalue weighted by Crippen LogP contribution is 2.32. The molecule has 2 aromatic carbocycles. The second-order valence-electron chi connectivity index (χ2n) is 11.0. The standard InChI is InChI=1S/C29H33N5O4/c1-17-8-6-9-18(2)24(17)27(36)30-20-10-7-11-21-25(20)26-31-23(35)16-22(34(26)32-21)19-12-14-33(15-13-19)28(37)38-29(3,4)5/h6-11,16,19H,12-15H2,1-5H3,(H,30,36)(H,31,35). The molecule has 0 unspecified atom stereocenters. The van der Waals surface area contributed by atoms with Gasteiger partial charge in [0.05, 0.1) is 22.3 Å². The van der Waals surface area contributed by atoms with E-state index in [1.807, 2.05) is 71.0 Å². The van der Waals surface area contributed by atoms with Crippen molar-refractivity contribution < 1.29 is 14.3 Å². The van der Waals surface area contributed by atoms with Crippen LogP contribution in [0.2, 0.25) is 0 Å². The highest BCUT2D eigenvalue weighted by atomic mass is 16.6. The highest BCUT2D eigenvalue weighted by molar-refractivity contribution is 6.12. The lowest BCUT2D eigenvalue weighted by Crippen LogP contribution is -2.41. The number of H-pyrrole nitrogens is 1. The van der Waals surface area contributed by atoms with Crippen LogP contribution in [0.1, 0.15) is 66.7 Å². The predicted molar refractivity (Wildman–Crippen MR) is 147 cm³/mol. The Morgan fingerprint density at radius 2 is 1.71 bits per heavy atom. The molecule has 2 aromatic heterocycles. The summed E-state index contributed by atoms with van der Waals surface area (Å²) in [6.45, 7) is 10.5. The normalized spacial score (nSPS) is 14.7. The van der Waals surface area contributed by atoms with Crippen molar-refractivity contribution in [2.24, 2.45) is 0 Å². The van der Waals surface area contributed by atoms with Crippen molar-refractivity contribution in [2.75, 3.05) is 18.4 Å². The quantitative estimate of drug-likeness (QED) is 0.392. The minimum Gasteiger partial charge on any atom is -0.444 e. The van der Waals surface area contributed by atoms with E-state index in [0.29, 0.717) is 53.7 Å². The van der Waals surface area contributed by atoms with Crippen molar-refractivity contribution >= 4 is 34.2 Å². The molecule has 5 rings (SSSR count). The molecule has 1 aliphatic heterocycles. The molecule has 0 bridgehead atoms. The third-order valence-corrected chi connectivity index (χ3v) is 6.99. The van der Waals surface area contributed by atoms with Gasteiger partial charge in [-0.15, -0.1) is 0 Å². The molecule has 9 nitrogen and oxygen atoms in total. The Morgan fingerprint density at radius 1 is 1.05 bits per heavy atom. The molecule has 1 saturated heterocycles. The molecule has 0 spiro atoms. The summed E-state index contributed by atoms with van der Waals surface area (Å²) < 4.78 is 7.29. The van der Waals surface area contributed by atoms with Crippen molar-refractivity contribution in [3.63, 3.8) is 0 Å². The van der Waals surface area contributed by atoms with Crippen LogP contribution in [0, 0.1) is 13.8 Å². The number of aromatic nitrogens is 3. The summed E-state index contributed by atoms with van der Waals surface area (Å²) in [7, 11) is 0. The molecule has 9 heteroatoms. The van der Waals surface area contributed by atoms with E-state index in [2.05, 4.69) is 10.3 Å². The molecule has 2 amide bonds. The predicted octanol–water partition coefficient (Wildman–Crippen LogP) is 5.16. The summed E-state index contributed by atoms with van der Waals surface area (Å²) in [4.78, 5) is 43.2. The molecule has 38 heavy (non-hydrogen) atoms. The third-order valence-electron chi connectivity index (χ3n) is 6.99. The third kappa shape index (κ3) is 4.88. The Kier molecular flexibility index (Phi) is 6.46. The number of likely N-dealkylation sites (tertiary alicyclic amines) is 1. The van der Waals surface area contributed by atoms with Crippen LogP contribution in [0.5, 0.6) is 0 Å². The summed E-state index contributed by atoms with van der Waals surface area (Å²) in [5, 5.41) is 8.52. The lowest BCUT2D eigenvalue weighted by molar-refractivity contribution is 0.0203. The number of rotatable bonds is 3. The maximum Gasteiger partial charge on any atom is 0.410 e. The number of anilines is 1. The minimum atomic E-state index is -0.549. The molecule has 4 aromatic rings. The SMILES string of the molecule is Cc1cccc(C)c1C(=O)Nc1cccc2nn3c(C4CCN(C(=O)OC(C)(C)C)CC4)cc(=O)[nH]c3c12. The summed E-state index contributed by atoms with van der Waals surface area (Å²) in [6, 6.07) is 12.9. The van der Waals surface area contributed by atoms with Gasteiger partial charge in [-0.25, -0.2) is 9.31 Å². The fraction of sp³-hybridized carbons (Fsp3) is 0.379. The van der Waals surface area contributed by atoms with E-state index >= 15 is 0 Å². The molecule has 198 valence electrons. The highest BCUT2D eigenvalue weighted by Gasteiger charge is 2.29. The number of hydrogen-bond acceptors (Lipinski definition) is 5. The number of carbonyl (C=O) groups is 2. The zero-order valence-electron chi connectivity index (χ0n) is 22.4. The first-order chi connectivity index (χ1) is 18.0. The van der Waals surface area contributed by atoms with E-state index in [0.717, 1.165) is 16.8 Å². The van der Waals surface area contributed by atoms with Crippen LogP contribution in [0.4, 0.5) is 10.5 Å². The van der Waals surface area contributed by atoms with Crippen molar-refractivity contribution in [2.45, 2.75) is 59.0 Å². The number of nitrogens with zero attached hydrogens (tertiary/aromatic N) is 3. The number of aromatic amines is 1. The zero-order valence-corrected chi connectivity index (χ0v) is 22.4. The molecule has 3 heterocycles. The van der Waals surface area contributed by atoms with Gasteiger partial charge in [-0.1, -0.05) is 24.3 Å². The summed E-state index contributed by atoms with van der Waals surface area (Å²) in [5.74, 6) is -0.166. The second-order valence-corrected chi connectivity index (χ2v) is 11.0. The molecule has 0 atom stereocenters. The summed E-state index contributed by atoms with van der Waals surface area (Å²) >= 11 is 0. The van der Waals surface area contributed by atoms with Gasteiger partial charge in [0.1, 0.15) is 11.2 Å². The monoisotopic (exact) mass is 515 g/mol. The topological polar surface area (TPSA) is 109 Å². The lowest BCUT2D eigenvalue weighted by Gasteiger charge is -2.33. The van der Waals surface area contributed by atoms with E-state index in [1.165, 1.54) is 0 Å². The molecular weight excluding hydrogens is 482 g/mol. The fourth-order valence-electron chi connectivity index (χ4n) is 5.22. The second kappa shape index (κ2) is 9.63. The van der Waals surface area contributed by atoms with Crippen LogP contribution in [0.3, 0.4) is 0 Å². The average Bonchev–Trinajstić information content (AvgIpc) is 3.22. The smallest absolute Gasteiger partial charge is 0.410 e. The first-order valence-electron chi connectivity index (χ1n) is 12.9. The first kappa shape index (κ1) is 25.5. The van der Waals surface area contributed by atoms with E-state index < -0.39 is 5.60 Å². The van der Waals surface area contributed by atoms with Gasteiger partial charge < -0.3 is 19.9 Å². The van der Waals surface area contributed by atoms with Crippen LogP contribution >= 0.6 is 0 Å². The Labute approximate surface area is 220 Å². The molecule has 0 aliphatic carbocycles. The Morgan fingerprint density at radius 3 is 2.37 bits per heavy atom. The Bertz CT molecular complexity index is 1580. The zero-order chi connectivity index (χ0) is 27.2. The molecule has 1 aliphatic rings. The number of carbonyl (C=O) groups excluding carboxylic acids is 2. The van der Waals surface area contributed by atoms with Gasteiger partial charge in [0.25, 0.3) is 11.5 Å². The van der Waals surface area contributed by atoms with Gasteiger partial charge in [0, 0.05) is 30.6 Å². The summed E-state index contributed by atoms with van der Waals surface area (Å²) in [6.07, 6.45) is 1.05. The van der Waals surface area contributed by atoms with Gasteiger partial charge in [0.2, 0.25) is 0 Å². The largest absolute Gasteiger partial charge is 0.444 e. The first-order valence-corrected chi connectivity index (χ1v) is 12.9. The van der Waals surface area contributed by atoms with E-state index in [1.54, 1.807) is 15.5 Å². The lowest BCUT2D eigenvalue weighted by atomic mass is 9.93.